The van der Waals surface area contributed by atoms with Crippen LogP contribution in [0.1, 0.15) is 51.0 Å². The summed E-state index contributed by atoms with van der Waals surface area (Å²) in [6.45, 7) is 1.83. The molecular formula is C18H14Cl2FNO3S. The number of carbonyl (C=O) groups is 1. The van der Waals surface area contributed by atoms with Gasteiger partial charge >= 0.3 is 5.97 Å². The number of carboxylic acids is 1. The van der Waals surface area contributed by atoms with E-state index >= 15 is 0 Å². The van der Waals surface area contributed by atoms with Crippen LogP contribution in [0.2, 0.25) is 10.0 Å². The monoisotopic (exact) mass is 413 g/mol. The summed E-state index contributed by atoms with van der Waals surface area (Å²) < 4.78 is 13.7. The first-order chi connectivity index (χ1) is 12.3. The van der Waals surface area contributed by atoms with Crippen LogP contribution in [0.4, 0.5) is 4.39 Å². The van der Waals surface area contributed by atoms with E-state index in [4.69, 9.17) is 28.0 Å². The van der Waals surface area contributed by atoms with Crippen molar-refractivity contribution in [3.8, 4) is 0 Å². The van der Waals surface area contributed by atoms with E-state index in [0.717, 1.165) is 35.3 Å². The Morgan fingerprint density at radius 3 is 2.62 bits per heavy atom. The van der Waals surface area contributed by atoms with E-state index in [1.807, 2.05) is 6.92 Å². The summed E-state index contributed by atoms with van der Waals surface area (Å²) >= 11 is 13.1. The number of fused-ring (bicyclic) bond motifs is 1. The van der Waals surface area contributed by atoms with E-state index in [1.54, 1.807) is 0 Å². The molecule has 0 amide bonds. The number of benzene rings is 1. The molecule has 1 aromatic heterocycles. The van der Waals surface area contributed by atoms with Crippen molar-refractivity contribution in [2.75, 3.05) is 0 Å². The molecule has 4 rings (SSSR count). The van der Waals surface area contributed by atoms with Crippen LogP contribution in [0.15, 0.2) is 17.3 Å². The van der Waals surface area contributed by atoms with Crippen LogP contribution < -0.4 is 0 Å². The third kappa shape index (κ3) is 2.71. The third-order valence-electron chi connectivity index (χ3n) is 4.88. The first-order valence-electron chi connectivity index (χ1n) is 8.08. The molecule has 2 heterocycles. The van der Waals surface area contributed by atoms with Gasteiger partial charge in [-0.2, -0.15) is 0 Å². The fraction of sp³-hybridized carbons (Fsp3) is 0.333. The van der Waals surface area contributed by atoms with Gasteiger partial charge in [0.05, 0.1) is 14.9 Å². The maximum Gasteiger partial charge on any atom is 0.346 e. The fourth-order valence-corrected chi connectivity index (χ4v) is 5.26. The van der Waals surface area contributed by atoms with Crippen LogP contribution >= 0.6 is 34.5 Å². The highest BCUT2D eigenvalue weighted by Crippen LogP contribution is 2.43. The van der Waals surface area contributed by atoms with Gasteiger partial charge in [0, 0.05) is 12.0 Å². The highest BCUT2D eigenvalue weighted by atomic mass is 35.5. The molecule has 0 spiro atoms. The molecule has 0 fully saturated rings. The lowest BCUT2D eigenvalue weighted by Gasteiger charge is -2.22. The second-order valence-corrected chi connectivity index (χ2v) is 8.50. The van der Waals surface area contributed by atoms with Gasteiger partial charge in [-0.3, -0.25) is 0 Å². The molecule has 0 saturated carbocycles. The summed E-state index contributed by atoms with van der Waals surface area (Å²) in [5.74, 6) is -1.57. The molecule has 26 heavy (non-hydrogen) atoms. The number of aromatic carboxylic acids is 1. The molecule has 4 nitrogen and oxygen atoms in total. The minimum atomic E-state index is -0.904. The number of halogens is 3. The topological polar surface area (TPSA) is 58.9 Å². The van der Waals surface area contributed by atoms with Crippen LogP contribution in [-0.2, 0) is 23.3 Å². The molecule has 0 radical (unpaired) electrons. The van der Waals surface area contributed by atoms with E-state index in [1.165, 1.54) is 23.5 Å². The van der Waals surface area contributed by atoms with E-state index < -0.39 is 17.4 Å². The summed E-state index contributed by atoms with van der Waals surface area (Å²) in [6, 6.07) is 2.98. The molecule has 1 N–H and O–H groups in total. The third-order valence-corrected chi connectivity index (χ3v) is 6.74. The van der Waals surface area contributed by atoms with Crippen molar-refractivity contribution >= 4 is 46.2 Å². The molecule has 1 aliphatic carbocycles. The van der Waals surface area contributed by atoms with Gasteiger partial charge in [0.2, 0.25) is 0 Å². The van der Waals surface area contributed by atoms with Crippen molar-refractivity contribution < 1.29 is 19.1 Å². The van der Waals surface area contributed by atoms with Crippen molar-refractivity contribution in [1.29, 1.82) is 0 Å². The van der Waals surface area contributed by atoms with Crippen LogP contribution in [0.3, 0.4) is 0 Å². The van der Waals surface area contributed by atoms with Crippen LogP contribution in [0, 0.1) is 5.82 Å². The van der Waals surface area contributed by atoms with Crippen molar-refractivity contribution in [1.82, 2.24) is 0 Å². The van der Waals surface area contributed by atoms with E-state index in [2.05, 4.69) is 5.16 Å². The van der Waals surface area contributed by atoms with Gasteiger partial charge in [0.1, 0.15) is 10.6 Å². The number of hydrogen-bond donors (Lipinski definition) is 1. The zero-order chi connectivity index (χ0) is 18.6. The van der Waals surface area contributed by atoms with Crippen molar-refractivity contribution in [3.63, 3.8) is 0 Å². The molecule has 8 heteroatoms. The first-order valence-corrected chi connectivity index (χ1v) is 9.65. The molecule has 2 aliphatic rings. The summed E-state index contributed by atoms with van der Waals surface area (Å²) in [7, 11) is 0. The molecule has 1 aromatic carbocycles. The summed E-state index contributed by atoms with van der Waals surface area (Å²) in [6.07, 6.45) is 3.00. The van der Waals surface area contributed by atoms with Crippen molar-refractivity contribution in [2.24, 2.45) is 5.16 Å². The predicted octanol–water partition coefficient (Wildman–Crippen LogP) is 5.42. The second kappa shape index (κ2) is 6.22. The molecule has 0 bridgehead atoms. The number of nitrogens with zero attached hydrogens (tertiary/aromatic N) is 1. The fourth-order valence-electron chi connectivity index (χ4n) is 3.55. The van der Waals surface area contributed by atoms with Gasteiger partial charge < -0.3 is 9.94 Å². The molecule has 0 saturated heterocycles. The first kappa shape index (κ1) is 17.8. The Balaban J connectivity index is 1.69. The maximum absolute atomic E-state index is 13.7. The van der Waals surface area contributed by atoms with Gasteiger partial charge in [-0.25, -0.2) is 9.18 Å². The van der Waals surface area contributed by atoms with E-state index in [9.17, 15) is 14.3 Å². The minimum Gasteiger partial charge on any atom is -0.477 e. The van der Waals surface area contributed by atoms with Crippen LogP contribution in [0.25, 0.3) is 0 Å². The van der Waals surface area contributed by atoms with E-state index in [-0.39, 0.29) is 10.0 Å². The molecule has 2 aromatic rings. The Hall–Kier alpha value is -1.63. The lowest BCUT2D eigenvalue weighted by atomic mass is 9.90. The quantitative estimate of drug-likeness (QED) is 0.683. The Morgan fingerprint density at radius 1 is 1.31 bits per heavy atom. The number of hydrogen-bond acceptors (Lipinski definition) is 4. The summed E-state index contributed by atoms with van der Waals surface area (Å²) in [4.78, 5) is 18.5. The lowest BCUT2D eigenvalue weighted by molar-refractivity contribution is -0.00742. The SMILES string of the molecule is CC1(c2cc(Cl)c(F)c(Cl)c2)CC(c2sc(C(=O)O)c3c2CCC3)=NO1. The Labute approximate surface area is 163 Å². The number of rotatable bonds is 3. The smallest absolute Gasteiger partial charge is 0.346 e. The molecule has 1 unspecified atom stereocenters. The average molecular weight is 414 g/mol. The summed E-state index contributed by atoms with van der Waals surface area (Å²) in [5.41, 5.74) is 2.48. The normalized spacial score (nSPS) is 21.5. The van der Waals surface area contributed by atoms with Crippen molar-refractivity contribution in [3.05, 3.63) is 54.4 Å². The highest BCUT2D eigenvalue weighted by Gasteiger charge is 2.40. The van der Waals surface area contributed by atoms with Gasteiger partial charge in [0.25, 0.3) is 0 Å². The van der Waals surface area contributed by atoms with Gasteiger partial charge in [0.15, 0.2) is 11.4 Å². The zero-order valence-corrected chi connectivity index (χ0v) is 16.1. The molecular weight excluding hydrogens is 400 g/mol. The van der Waals surface area contributed by atoms with Gasteiger partial charge in [-0.05, 0) is 49.4 Å². The lowest BCUT2D eigenvalue weighted by Crippen LogP contribution is -2.22. The maximum atomic E-state index is 13.7. The number of carboxylic acid groups (broad SMARTS) is 1. The highest BCUT2D eigenvalue weighted by molar-refractivity contribution is 7.16. The summed E-state index contributed by atoms with van der Waals surface area (Å²) in [5, 5.41) is 13.5. The zero-order valence-electron chi connectivity index (χ0n) is 13.7. The average Bonchev–Trinajstić information content (AvgIpc) is 3.27. The Kier molecular flexibility index (Phi) is 4.25. The Bertz CT molecular complexity index is 949. The van der Waals surface area contributed by atoms with Crippen LogP contribution in [-0.4, -0.2) is 16.8 Å². The molecule has 136 valence electrons. The van der Waals surface area contributed by atoms with Gasteiger partial charge in [-0.15, -0.1) is 11.3 Å². The molecule has 1 aliphatic heterocycles. The van der Waals surface area contributed by atoms with Crippen LogP contribution in [0.5, 0.6) is 0 Å². The standard InChI is InChI=1S/C18H14Cl2FNO3S/c1-18(8-5-11(19)14(21)12(20)6-8)7-13(22-25-18)15-9-3-2-4-10(9)16(26-15)17(23)24/h5-6H,2-4,7H2,1H3,(H,23,24). The molecule has 1 atom stereocenters. The second-order valence-electron chi connectivity index (χ2n) is 6.67. The van der Waals surface area contributed by atoms with E-state index in [0.29, 0.717) is 22.6 Å². The largest absolute Gasteiger partial charge is 0.477 e. The number of thiophene rings is 1. The number of oxime groups is 1. The minimum absolute atomic E-state index is 0.0732. The predicted molar refractivity (Wildman–Crippen MR) is 99.3 cm³/mol. The van der Waals surface area contributed by atoms with Crippen molar-refractivity contribution in [2.45, 2.75) is 38.2 Å². The van der Waals surface area contributed by atoms with Gasteiger partial charge in [-0.1, -0.05) is 28.4 Å². The Morgan fingerprint density at radius 2 is 1.96 bits per heavy atom.